The molecule has 21 heavy (non-hydrogen) atoms. The predicted octanol–water partition coefficient (Wildman–Crippen LogP) is 0.586. The van der Waals surface area contributed by atoms with Crippen molar-refractivity contribution in [1.82, 2.24) is 10.2 Å². The Morgan fingerprint density at radius 3 is 2.52 bits per heavy atom. The Morgan fingerprint density at radius 1 is 1.33 bits per heavy atom. The summed E-state index contributed by atoms with van der Waals surface area (Å²) in [6, 6.07) is 1.32. The van der Waals surface area contributed by atoms with E-state index in [1.54, 1.807) is 6.92 Å². The minimum Gasteiger partial charge on any atom is -0.481 e. The van der Waals surface area contributed by atoms with E-state index in [1.807, 2.05) is 6.07 Å². The highest BCUT2D eigenvalue weighted by molar-refractivity contribution is 5.94. The van der Waals surface area contributed by atoms with Gasteiger partial charge in [0.1, 0.15) is 0 Å². The van der Waals surface area contributed by atoms with Crippen LogP contribution in [0.2, 0.25) is 0 Å². The van der Waals surface area contributed by atoms with Crippen molar-refractivity contribution in [3.63, 3.8) is 0 Å². The van der Waals surface area contributed by atoms with Gasteiger partial charge in [0.2, 0.25) is 5.91 Å². The molecule has 0 aromatic carbocycles. The van der Waals surface area contributed by atoms with Gasteiger partial charge in [0, 0.05) is 33.0 Å². The van der Waals surface area contributed by atoms with Gasteiger partial charge in [-0.1, -0.05) is 6.92 Å². The van der Waals surface area contributed by atoms with Crippen LogP contribution in [-0.2, 0) is 14.3 Å². The minimum absolute atomic E-state index is 0.0472. The number of nitrogens with zero attached hydrogens (tertiary/aromatic N) is 2. The van der Waals surface area contributed by atoms with Crippen molar-refractivity contribution in [2.24, 2.45) is 5.92 Å². The van der Waals surface area contributed by atoms with Gasteiger partial charge in [-0.05, 0) is 5.92 Å². The molecule has 0 spiro atoms. The van der Waals surface area contributed by atoms with E-state index in [0.29, 0.717) is 6.61 Å². The fourth-order valence-electron chi connectivity index (χ4n) is 1.64. The van der Waals surface area contributed by atoms with Crippen molar-refractivity contribution in [1.29, 1.82) is 5.26 Å². The fourth-order valence-corrected chi connectivity index (χ4v) is 1.64. The largest absolute Gasteiger partial charge is 0.481 e. The number of nitriles is 1. The number of rotatable bonds is 9. The van der Waals surface area contributed by atoms with E-state index in [2.05, 4.69) is 5.32 Å². The van der Waals surface area contributed by atoms with E-state index in [1.165, 1.54) is 12.0 Å². The second kappa shape index (κ2) is 10.6. The highest BCUT2D eigenvalue weighted by atomic mass is 16.5. The topological polar surface area (TPSA) is 120 Å². The molecule has 0 bridgehead atoms. The first kappa shape index (κ1) is 18.9. The standard InChI is InChI=1S/C13H21N3O5/c1-10(9-12(18)19)8-11(17)15-13(20)16(5-3-4-14)6-7-21-2/h10H,3,5-9H2,1-2H3,(H,18,19)(H,15,17,20). The zero-order valence-corrected chi connectivity index (χ0v) is 12.3. The van der Waals surface area contributed by atoms with Crippen molar-refractivity contribution >= 4 is 17.9 Å². The first-order valence-corrected chi connectivity index (χ1v) is 6.57. The third-order valence-corrected chi connectivity index (χ3v) is 2.65. The van der Waals surface area contributed by atoms with E-state index in [4.69, 9.17) is 15.1 Å². The predicted molar refractivity (Wildman–Crippen MR) is 73.3 cm³/mol. The van der Waals surface area contributed by atoms with Crippen molar-refractivity contribution in [3.8, 4) is 6.07 Å². The lowest BCUT2D eigenvalue weighted by Gasteiger charge is -2.21. The molecule has 2 N–H and O–H groups in total. The highest BCUT2D eigenvalue weighted by Gasteiger charge is 2.18. The van der Waals surface area contributed by atoms with Gasteiger partial charge in [-0.25, -0.2) is 4.79 Å². The maximum Gasteiger partial charge on any atom is 0.324 e. The third kappa shape index (κ3) is 9.40. The lowest BCUT2D eigenvalue weighted by Crippen LogP contribution is -2.45. The molecular formula is C13H21N3O5. The number of carboxylic acid groups (broad SMARTS) is 1. The quantitative estimate of drug-likeness (QED) is 0.642. The molecule has 0 radical (unpaired) electrons. The van der Waals surface area contributed by atoms with Crippen LogP contribution in [0.1, 0.15) is 26.2 Å². The molecule has 1 unspecified atom stereocenters. The number of imide groups is 1. The van der Waals surface area contributed by atoms with Gasteiger partial charge in [0.25, 0.3) is 0 Å². The molecule has 0 aliphatic heterocycles. The number of ether oxygens (including phenoxy) is 1. The summed E-state index contributed by atoms with van der Waals surface area (Å²) < 4.78 is 4.86. The Bertz CT molecular complexity index is 405. The Hall–Kier alpha value is -2.14. The summed E-state index contributed by atoms with van der Waals surface area (Å²) in [5.41, 5.74) is 0. The van der Waals surface area contributed by atoms with Gasteiger partial charge in [0.05, 0.1) is 19.1 Å². The summed E-state index contributed by atoms with van der Waals surface area (Å²) in [6.45, 7) is 2.38. The Labute approximate surface area is 123 Å². The van der Waals surface area contributed by atoms with Crippen LogP contribution >= 0.6 is 0 Å². The first-order valence-electron chi connectivity index (χ1n) is 6.57. The number of aliphatic carboxylic acids is 1. The lowest BCUT2D eigenvalue weighted by atomic mass is 10.0. The van der Waals surface area contributed by atoms with Crippen LogP contribution < -0.4 is 5.32 Å². The second-order valence-electron chi connectivity index (χ2n) is 4.65. The number of carbonyl (C=O) groups is 3. The molecule has 0 aromatic rings. The van der Waals surface area contributed by atoms with Crippen LogP contribution in [0.3, 0.4) is 0 Å². The van der Waals surface area contributed by atoms with Crippen molar-refractivity contribution in [2.45, 2.75) is 26.2 Å². The number of methoxy groups -OCH3 is 1. The maximum absolute atomic E-state index is 11.9. The van der Waals surface area contributed by atoms with Crippen LogP contribution in [0.25, 0.3) is 0 Å². The van der Waals surface area contributed by atoms with Gasteiger partial charge in [-0.3, -0.25) is 14.9 Å². The SMILES string of the molecule is COCCN(CCC#N)C(=O)NC(=O)CC(C)CC(=O)O. The average molecular weight is 299 g/mol. The zero-order chi connectivity index (χ0) is 16.3. The number of carboxylic acids is 1. The van der Waals surface area contributed by atoms with Gasteiger partial charge in [-0.2, -0.15) is 5.26 Å². The van der Waals surface area contributed by atoms with Gasteiger partial charge in [-0.15, -0.1) is 0 Å². The van der Waals surface area contributed by atoms with Crippen LogP contribution in [0, 0.1) is 17.2 Å². The molecule has 118 valence electrons. The summed E-state index contributed by atoms with van der Waals surface area (Å²) in [4.78, 5) is 35.4. The van der Waals surface area contributed by atoms with E-state index in [9.17, 15) is 14.4 Å². The number of nitrogens with one attached hydrogen (secondary N) is 1. The van der Waals surface area contributed by atoms with E-state index in [-0.39, 0.29) is 38.3 Å². The van der Waals surface area contributed by atoms with Crippen molar-refractivity contribution < 1.29 is 24.2 Å². The Morgan fingerprint density at radius 2 is 2.00 bits per heavy atom. The highest BCUT2D eigenvalue weighted by Crippen LogP contribution is 2.07. The number of amides is 3. The fraction of sp³-hybridized carbons (Fsp3) is 0.692. The molecule has 1 atom stereocenters. The van der Waals surface area contributed by atoms with Crippen LogP contribution in [0.15, 0.2) is 0 Å². The normalized spacial score (nSPS) is 11.3. The van der Waals surface area contributed by atoms with E-state index in [0.717, 1.165) is 0 Å². The Kier molecular flexibility index (Phi) is 9.54. The van der Waals surface area contributed by atoms with Crippen molar-refractivity contribution in [3.05, 3.63) is 0 Å². The van der Waals surface area contributed by atoms with Crippen LogP contribution in [-0.4, -0.2) is 54.7 Å². The zero-order valence-electron chi connectivity index (χ0n) is 12.3. The first-order chi connectivity index (χ1) is 9.90. The number of urea groups is 1. The molecule has 3 amide bonds. The molecule has 0 aliphatic carbocycles. The molecule has 0 aromatic heterocycles. The van der Waals surface area contributed by atoms with Gasteiger partial charge in [0.15, 0.2) is 0 Å². The van der Waals surface area contributed by atoms with Gasteiger partial charge >= 0.3 is 12.0 Å². The molecule has 0 saturated carbocycles. The van der Waals surface area contributed by atoms with E-state index < -0.39 is 17.9 Å². The molecule has 0 aliphatic rings. The van der Waals surface area contributed by atoms with Crippen LogP contribution in [0.5, 0.6) is 0 Å². The summed E-state index contributed by atoms with van der Waals surface area (Å²) in [7, 11) is 1.49. The molecule has 0 rings (SSSR count). The number of carbonyl (C=O) groups excluding carboxylic acids is 2. The minimum atomic E-state index is -0.989. The van der Waals surface area contributed by atoms with Crippen LogP contribution in [0.4, 0.5) is 4.79 Å². The molecule has 0 fully saturated rings. The monoisotopic (exact) mass is 299 g/mol. The molecular weight excluding hydrogens is 278 g/mol. The molecule has 8 nitrogen and oxygen atoms in total. The summed E-state index contributed by atoms with van der Waals surface area (Å²) in [6.07, 6.45) is -0.0292. The summed E-state index contributed by atoms with van der Waals surface area (Å²) in [5.74, 6) is -1.88. The number of hydrogen-bond donors (Lipinski definition) is 2. The molecule has 8 heteroatoms. The molecule has 0 saturated heterocycles. The van der Waals surface area contributed by atoms with Gasteiger partial charge < -0.3 is 14.7 Å². The smallest absolute Gasteiger partial charge is 0.324 e. The third-order valence-electron chi connectivity index (χ3n) is 2.65. The maximum atomic E-state index is 11.9. The number of hydrogen-bond acceptors (Lipinski definition) is 5. The average Bonchev–Trinajstić information content (AvgIpc) is 2.37. The Balaban J connectivity index is 4.35. The summed E-state index contributed by atoms with van der Waals surface area (Å²) in [5, 5.41) is 19.3. The molecule has 0 heterocycles. The lowest BCUT2D eigenvalue weighted by molar-refractivity contribution is -0.138. The van der Waals surface area contributed by atoms with E-state index >= 15 is 0 Å². The summed E-state index contributed by atoms with van der Waals surface area (Å²) >= 11 is 0. The second-order valence-corrected chi connectivity index (χ2v) is 4.65. The van der Waals surface area contributed by atoms with Crippen molar-refractivity contribution in [2.75, 3.05) is 26.8 Å².